The van der Waals surface area contributed by atoms with Crippen molar-refractivity contribution in [2.24, 2.45) is 5.92 Å². The molecule has 5 nitrogen and oxygen atoms in total. The molecule has 0 radical (unpaired) electrons. The Morgan fingerprint density at radius 2 is 1.62 bits per heavy atom. The standard InChI is InChI=1S/C31H28N2O3.Na.H/c1-20(2)16-28(27-13-7-10-22-8-3-5-11-25(22)27)30(34)33-29-17-21(19-32)14-15-24(29)18-23-9-4-6-12-26(23)31(35)36;;/h3-15,17,20,28H,16,18H2,1-2H3,(H,33,34)(H,35,36);;. The van der Waals surface area contributed by atoms with Gasteiger partial charge in [-0.3, -0.25) is 4.79 Å². The molecule has 2 N–H and O–H groups in total. The van der Waals surface area contributed by atoms with Gasteiger partial charge in [-0.1, -0.05) is 80.6 Å². The SMILES string of the molecule is CC(C)CC(C(=O)Nc1cc(C#N)ccc1Cc1ccccc1C(=O)O)c1cccc2ccccc12.[NaH]. The molecule has 6 heteroatoms. The fourth-order valence-electron chi connectivity index (χ4n) is 4.63. The maximum absolute atomic E-state index is 13.8. The van der Waals surface area contributed by atoms with Crippen molar-refractivity contribution in [2.45, 2.75) is 32.6 Å². The summed E-state index contributed by atoms with van der Waals surface area (Å²) in [6, 6.07) is 28.1. The summed E-state index contributed by atoms with van der Waals surface area (Å²) in [6.45, 7) is 4.19. The van der Waals surface area contributed by atoms with Crippen molar-refractivity contribution in [2.75, 3.05) is 5.32 Å². The molecule has 182 valence electrons. The second-order valence-corrected chi connectivity index (χ2v) is 9.36. The van der Waals surface area contributed by atoms with Crippen LogP contribution in [0.1, 0.15) is 58.8 Å². The summed E-state index contributed by atoms with van der Waals surface area (Å²) in [7, 11) is 0. The quantitative estimate of drug-likeness (QED) is 0.285. The first-order valence-electron chi connectivity index (χ1n) is 12.0. The van der Waals surface area contributed by atoms with Crippen LogP contribution in [-0.2, 0) is 11.2 Å². The zero-order valence-corrected chi connectivity index (χ0v) is 20.4. The second kappa shape index (κ2) is 12.7. The number of nitrogens with zero attached hydrogens (tertiary/aromatic N) is 1. The monoisotopic (exact) mass is 500 g/mol. The van der Waals surface area contributed by atoms with Crippen molar-refractivity contribution in [3.05, 3.63) is 113 Å². The molecule has 0 aliphatic carbocycles. The second-order valence-electron chi connectivity index (χ2n) is 9.36. The van der Waals surface area contributed by atoms with Crippen LogP contribution in [0.3, 0.4) is 0 Å². The van der Waals surface area contributed by atoms with Crippen LogP contribution in [0.2, 0.25) is 0 Å². The van der Waals surface area contributed by atoms with Crippen LogP contribution >= 0.6 is 0 Å². The van der Waals surface area contributed by atoms with Crippen LogP contribution in [0.25, 0.3) is 10.8 Å². The zero-order chi connectivity index (χ0) is 25.7. The molecule has 4 aromatic carbocycles. The van der Waals surface area contributed by atoms with Gasteiger partial charge in [-0.15, -0.1) is 0 Å². The molecular weight excluding hydrogens is 471 g/mol. The Bertz CT molecular complexity index is 1470. The first-order chi connectivity index (χ1) is 17.4. The number of nitrogens with one attached hydrogen (secondary N) is 1. The number of anilines is 1. The van der Waals surface area contributed by atoms with E-state index in [9.17, 15) is 20.0 Å². The van der Waals surface area contributed by atoms with Gasteiger partial charge in [0.2, 0.25) is 5.91 Å². The van der Waals surface area contributed by atoms with E-state index >= 15 is 0 Å². The van der Waals surface area contributed by atoms with Crippen molar-refractivity contribution < 1.29 is 14.7 Å². The molecule has 0 fully saturated rings. The number of carboxylic acid groups (broad SMARTS) is 1. The van der Waals surface area contributed by atoms with Gasteiger partial charge in [0.25, 0.3) is 0 Å². The van der Waals surface area contributed by atoms with Crippen molar-refractivity contribution in [1.82, 2.24) is 0 Å². The van der Waals surface area contributed by atoms with E-state index in [4.69, 9.17) is 0 Å². The third kappa shape index (κ3) is 6.67. The first-order valence-corrected chi connectivity index (χ1v) is 12.0. The maximum atomic E-state index is 13.8. The zero-order valence-electron chi connectivity index (χ0n) is 20.4. The summed E-state index contributed by atoms with van der Waals surface area (Å²) in [6.07, 6.45) is 0.974. The molecule has 0 bridgehead atoms. The van der Waals surface area contributed by atoms with Crippen LogP contribution in [0.15, 0.2) is 84.9 Å². The van der Waals surface area contributed by atoms with Gasteiger partial charge in [0.1, 0.15) is 0 Å². The van der Waals surface area contributed by atoms with E-state index in [-0.39, 0.29) is 52.9 Å². The Morgan fingerprint density at radius 3 is 2.35 bits per heavy atom. The van der Waals surface area contributed by atoms with E-state index in [1.165, 1.54) is 0 Å². The molecular formula is C31H29N2NaO3. The number of hydrogen-bond donors (Lipinski definition) is 2. The van der Waals surface area contributed by atoms with Crippen molar-refractivity contribution >= 4 is 57.9 Å². The molecule has 0 saturated heterocycles. The van der Waals surface area contributed by atoms with Crippen molar-refractivity contribution in [3.8, 4) is 6.07 Å². The van der Waals surface area contributed by atoms with Crippen LogP contribution < -0.4 is 5.32 Å². The molecule has 4 aromatic rings. The third-order valence-electron chi connectivity index (χ3n) is 6.35. The average molecular weight is 501 g/mol. The van der Waals surface area contributed by atoms with Gasteiger partial charge in [-0.05, 0) is 58.0 Å². The fraction of sp³-hybridized carbons (Fsp3) is 0.194. The number of carbonyl (C=O) groups excluding carboxylic acids is 1. The van der Waals surface area contributed by atoms with E-state index in [1.807, 2.05) is 42.5 Å². The van der Waals surface area contributed by atoms with Crippen molar-refractivity contribution in [1.29, 1.82) is 5.26 Å². The minimum atomic E-state index is -1.00. The van der Waals surface area contributed by atoms with Crippen LogP contribution in [0.4, 0.5) is 5.69 Å². The molecule has 1 atom stereocenters. The van der Waals surface area contributed by atoms with Gasteiger partial charge >= 0.3 is 35.5 Å². The van der Waals surface area contributed by atoms with Gasteiger partial charge in [-0.2, -0.15) is 5.26 Å². The Balaban J connectivity index is 0.00000380. The number of benzene rings is 4. The topological polar surface area (TPSA) is 90.2 Å². The summed E-state index contributed by atoms with van der Waals surface area (Å²) in [4.78, 5) is 25.5. The van der Waals surface area contributed by atoms with Gasteiger partial charge in [0, 0.05) is 12.1 Å². The number of nitriles is 1. The molecule has 0 heterocycles. The number of fused-ring (bicyclic) bond motifs is 1. The summed E-state index contributed by atoms with van der Waals surface area (Å²) >= 11 is 0. The predicted molar refractivity (Wildman–Crippen MR) is 149 cm³/mol. The molecule has 0 aromatic heterocycles. The van der Waals surface area contributed by atoms with Gasteiger partial charge < -0.3 is 10.4 Å². The number of aromatic carboxylic acids is 1. The summed E-state index contributed by atoms with van der Waals surface area (Å²) in [5.41, 5.74) is 3.51. The van der Waals surface area contributed by atoms with Gasteiger partial charge in [0.15, 0.2) is 0 Å². The van der Waals surface area contributed by atoms with Gasteiger partial charge in [-0.25, -0.2) is 4.79 Å². The molecule has 37 heavy (non-hydrogen) atoms. The molecule has 0 saturated carbocycles. The predicted octanol–water partition coefficient (Wildman–Crippen LogP) is 6.12. The molecule has 1 unspecified atom stereocenters. The van der Waals surface area contributed by atoms with Crippen LogP contribution in [-0.4, -0.2) is 46.5 Å². The third-order valence-corrected chi connectivity index (χ3v) is 6.35. The summed E-state index contributed by atoms with van der Waals surface area (Å²) < 4.78 is 0. The Kier molecular flexibility index (Phi) is 9.66. The minimum absolute atomic E-state index is 0. The summed E-state index contributed by atoms with van der Waals surface area (Å²) in [5.74, 6) is -1.26. The Hall–Kier alpha value is -3.43. The molecule has 4 rings (SSSR count). The molecule has 0 spiro atoms. The fourth-order valence-corrected chi connectivity index (χ4v) is 4.63. The Morgan fingerprint density at radius 1 is 0.919 bits per heavy atom. The van der Waals surface area contributed by atoms with E-state index in [0.29, 0.717) is 29.7 Å². The van der Waals surface area contributed by atoms with Crippen LogP contribution in [0.5, 0.6) is 0 Å². The van der Waals surface area contributed by atoms with E-state index in [0.717, 1.165) is 21.9 Å². The Labute approximate surface area is 239 Å². The summed E-state index contributed by atoms with van der Waals surface area (Å²) in [5, 5.41) is 24.3. The molecule has 0 aliphatic rings. The average Bonchev–Trinajstić information content (AvgIpc) is 2.88. The number of amides is 1. The van der Waals surface area contributed by atoms with E-state index in [1.54, 1.807) is 42.5 Å². The number of rotatable bonds is 8. The van der Waals surface area contributed by atoms with Crippen LogP contribution in [0, 0.1) is 17.2 Å². The van der Waals surface area contributed by atoms with E-state index < -0.39 is 5.97 Å². The molecule has 0 aliphatic heterocycles. The number of carboxylic acids is 1. The number of carbonyl (C=O) groups is 2. The van der Waals surface area contributed by atoms with E-state index in [2.05, 4.69) is 25.2 Å². The number of hydrogen-bond acceptors (Lipinski definition) is 3. The first kappa shape index (κ1) is 28.1. The molecule has 1 amide bonds. The van der Waals surface area contributed by atoms with Crippen molar-refractivity contribution in [3.63, 3.8) is 0 Å². The normalized spacial score (nSPS) is 11.4. The van der Waals surface area contributed by atoms with Gasteiger partial charge in [0.05, 0.1) is 23.1 Å².